The minimum absolute atomic E-state index is 0.0226. The molecule has 7 heterocycles. The van der Waals surface area contributed by atoms with Gasteiger partial charge in [0.1, 0.15) is 18.6 Å². The van der Waals surface area contributed by atoms with Gasteiger partial charge in [0.2, 0.25) is 6.79 Å². The van der Waals surface area contributed by atoms with Gasteiger partial charge in [-0.1, -0.05) is 6.07 Å². The molecule has 2 saturated heterocycles. The molecule has 7 aliphatic rings. The number of fused-ring (bicyclic) bond motifs is 9. The lowest BCUT2D eigenvalue weighted by Crippen LogP contribution is -2.70. The summed E-state index contributed by atoms with van der Waals surface area (Å²) in [6, 6.07) is 3.13. The van der Waals surface area contributed by atoms with Crippen molar-refractivity contribution in [1.82, 2.24) is 15.1 Å². The van der Waals surface area contributed by atoms with E-state index in [9.17, 15) is 24.9 Å². The van der Waals surface area contributed by atoms with Crippen LogP contribution in [0, 0.1) is 13.8 Å². The van der Waals surface area contributed by atoms with Crippen molar-refractivity contribution >= 4 is 23.7 Å². The molecule has 4 unspecified atom stereocenters. The van der Waals surface area contributed by atoms with Crippen molar-refractivity contribution in [3.8, 4) is 40.2 Å². The molecule has 14 nitrogen and oxygen atoms in total. The van der Waals surface area contributed by atoms with Gasteiger partial charge in [0.05, 0.1) is 37.6 Å². The number of aryl methyl sites for hydroxylation is 1. The summed E-state index contributed by atoms with van der Waals surface area (Å²) in [6.07, 6.45) is -0.0282. The summed E-state index contributed by atoms with van der Waals surface area (Å²) in [5, 5.41) is 38.2. The quantitative estimate of drug-likeness (QED) is 0.226. The monoisotopic (exact) mass is 761 g/mol. The SMILES string of the molecule is COc1cc2c(cc1O)CCNC21CS[C@H]2c3c(OC(C)=O)c(C)c4c(c3[C@@H](COC1=O)N1C(O)C3Cc5cc(C)c(OC)c(O)c5C([C@H]21)N3C)OCO4. The molecule has 15 heteroatoms. The predicted octanol–water partition coefficient (Wildman–Crippen LogP) is 3.41. The predicted molar refractivity (Wildman–Crippen MR) is 195 cm³/mol. The average molecular weight is 762 g/mol. The zero-order valence-corrected chi connectivity index (χ0v) is 31.7. The number of ether oxygens (including phenoxy) is 6. The van der Waals surface area contributed by atoms with E-state index in [-0.39, 0.29) is 42.4 Å². The maximum absolute atomic E-state index is 14.7. The van der Waals surface area contributed by atoms with E-state index in [4.69, 9.17) is 28.4 Å². The first-order valence-corrected chi connectivity index (χ1v) is 19.1. The minimum atomic E-state index is -1.36. The summed E-state index contributed by atoms with van der Waals surface area (Å²) in [7, 11) is 4.96. The molecule has 0 radical (unpaired) electrons. The Bertz CT molecular complexity index is 2130. The summed E-state index contributed by atoms with van der Waals surface area (Å²) in [5.41, 5.74) is 4.36. The summed E-state index contributed by atoms with van der Waals surface area (Å²) >= 11 is 1.47. The number of likely N-dealkylation sites (N-methyl/N-ethyl adjacent to an activating group) is 1. The van der Waals surface area contributed by atoms with Crippen LogP contribution in [0.1, 0.15) is 68.8 Å². The number of nitrogens with zero attached hydrogens (tertiary/aromatic N) is 2. The third-order valence-electron chi connectivity index (χ3n) is 12.3. The maximum Gasteiger partial charge on any atom is 0.331 e. The van der Waals surface area contributed by atoms with Crippen LogP contribution in [-0.4, -0.2) is 102 Å². The highest BCUT2D eigenvalue weighted by molar-refractivity contribution is 7.99. The van der Waals surface area contributed by atoms with Crippen molar-refractivity contribution in [2.45, 2.75) is 74.8 Å². The van der Waals surface area contributed by atoms with Crippen molar-refractivity contribution in [2.24, 2.45) is 0 Å². The van der Waals surface area contributed by atoms with E-state index in [1.807, 2.05) is 31.9 Å². The van der Waals surface area contributed by atoms with E-state index >= 15 is 0 Å². The number of rotatable bonds is 3. The Hall–Kier alpha value is -4.41. The number of benzene rings is 3. The number of methoxy groups -OCH3 is 2. The topological polar surface area (TPSA) is 169 Å². The van der Waals surface area contributed by atoms with Crippen LogP contribution in [0.5, 0.6) is 40.2 Å². The number of aromatic hydroxyl groups is 2. The molecule has 1 spiro atoms. The molecular formula is C39H43N3O11S. The molecule has 4 bridgehead atoms. The summed E-state index contributed by atoms with van der Waals surface area (Å²) < 4.78 is 35.9. The van der Waals surface area contributed by atoms with Crippen molar-refractivity contribution in [3.05, 3.63) is 62.7 Å². The standard InChI is InChI=1S/C39H43N3O11S/c1-16-9-20-10-22-37(46)42-23-13-50-38(47)39(21-12-25(48-5)24(44)11-19(21)7-8-40-39)14-54-36(30(42)29(41(22)4)26(20)31(45)32(16)49-6)28-27(23)35-34(51-15-52-35)17(2)33(28)53-18(3)43/h9,11-12,22-23,29-30,36-37,40,44-46H,7-8,10,13-15H2,1-6H3/t22?,23-,29?,30-,36+,37?,39?/m1/s1. The second-order valence-electron chi connectivity index (χ2n) is 14.9. The van der Waals surface area contributed by atoms with Crippen molar-refractivity contribution in [2.75, 3.05) is 47.0 Å². The first-order chi connectivity index (χ1) is 25.9. The van der Waals surface area contributed by atoms with Crippen LogP contribution in [0.3, 0.4) is 0 Å². The number of aliphatic hydroxyl groups excluding tert-OH is 1. The number of phenols is 2. The second-order valence-corrected chi connectivity index (χ2v) is 16.1. The van der Waals surface area contributed by atoms with Crippen LogP contribution in [0.15, 0.2) is 18.2 Å². The second kappa shape index (κ2) is 12.6. The number of nitrogens with one attached hydrogen (secondary N) is 1. The normalized spacial score (nSPS) is 29.4. The lowest BCUT2D eigenvalue weighted by atomic mass is 9.73. The Morgan fingerprint density at radius 3 is 2.54 bits per heavy atom. The van der Waals surface area contributed by atoms with Gasteiger partial charge in [-0.25, -0.2) is 4.79 Å². The maximum atomic E-state index is 14.7. The molecule has 0 amide bonds. The Labute approximate surface area is 316 Å². The number of hydrogen-bond acceptors (Lipinski definition) is 15. The molecular weight excluding hydrogens is 719 g/mol. The van der Waals surface area contributed by atoms with E-state index < -0.39 is 47.1 Å². The molecule has 10 rings (SSSR count). The highest BCUT2D eigenvalue weighted by Crippen LogP contribution is 2.64. The van der Waals surface area contributed by atoms with Crippen LogP contribution in [-0.2, 0) is 32.7 Å². The Balaban J connectivity index is 1.32. The van der Waals surface area contributed by atoms with Gasteiger partial charge < -0.3 is 43.7 Å². The van der Waals surface area contributed by atoms with Crippen LogP contribution in [0.4, 0.5) is 0 Å². The van der Waals surface area contributed by atoms with Gasteiger partial charge in [-0.05, 0) is 68.1 Å². The molecule has 2 fully saturated rings. The largest absolute Gasteiger partial charge is 0.504 e. The summed E-state index contributed by atoms with van der Waals surface area (Å²) in [6.45, 7) is 5.26. The van der Waals surface area contributed by atoms with E-state index in [2.05, 4.69) is 10.2 Å². The minimum Gasteiger partial charge on any atom is -0.504 e. The van der Waals surface area contributed by atoms with Gasteiger partial charge in [0.15, 0.2) is 40.0 Å². The van der Waals surface area contributed by atoms with Gasteiger partial charge in [-0.2, -0.15) is 0 Å². The zero-order valence-electron chi connectivity index (χ0n) is 30.8. The number of phenolic OH excluding ortho intramolecular Hbond substituents is 2. The number of aliphatic hydroxyl groups is 1. The summed E-state index contributed by atoms with van der Waals surface area (Å²) in [4.78, 5) is 31.7. The number of carbonyl (C=O) groups is 2. The van der Waals surface area contributed by atoms with Crippen molar-refractivity contribution in [1.29, 1.82) is 0 Å². The Morgan fingerprint density at radius 2 is 1.80 bits per heavy atom. The molecule has 3 aromatic rings. The van der Waals surface area contributed by atoms with Crippen LogP contribution in [0.2, 0.25) is 0 Å². The number of hydrogen-bond donors (Lipinski definition) is 4. The lowest BCUT2D eigenvalue weighted by Gasteiger charge is -2.62. The Morgan fingerprint density at radius 1 is 1.02 bits per heavy atom. The molecule has 0 aromatic heterocycles. The molecule has 7 aliphatic heterocycles. The Kier molecular flexibility index (Phi) is 8.21. The van der Waals surface area contributed by atoms with Gasteiger partial charge in [0.25, 0.3) is 0 Å². The molecule has 4 N–H and O–H groups in total. The van der Waals surface area contributed by atoms with E-state index in [1.165, 1.54) is 32.9 Å². The molecule has 7 atom stereocenters. The molecule has 54 heavy (non-hydrogen) atoms. The zero-order chi connectivity index (χ0) is 38.0. The van der Waals surface area contributed by atoms with Crippen LogP contribution < -0.4 is 29.0 Å². The lowest BCUT2D eigenvalue weighted by molar-refractivity contribution is -0.186. The van der Waals surface area contributed by atoms with E-state index in [1.54, 1.807) is 12.1 Å². The van der Waals surface area contributed by atoms with Gasteiger partial charge in [0, 0.05) is 47.5 Å². The number of piperazine rings is 1. The van der Waals surface area contributed by atoms with E-state index in [0.717, 1.165) is 16.7 Å². The number of esters is 2. The third kappa shape index (κ3) is 4.74. The van der Waals surface area contributed by atoms with Gasteiger partial charge >= 0.3 is 11.9 Å². The van der Waals surface area contributed by atoms with Crippen LogP contribution in [0.25, 0.3) is 0 Å². The number of carbonyl (C=O) groups excluding carboxylic acids is 2. The fourth-order valence-corrected chi connectivity index (χ4v) is 11.7. The molecule has 286 valence electrons. The molecule has 3 aromatic carbocycles. The van der Waals surface area contributed by atoms with Crippen molar-refractivity contribution in [3.63, 3.8) is 0 Å². The van der Waals surface area contributed by atoms with Crippen molar-refractivity contribution < 1.29 is 53.3 Å². The first kappa shape index (κ1) is 35.3. The summed E-state index contributed by atoms with van der Waals surface area (Å²) in [5.74, 6) is 0.949. The smallest absolute Gasteiger partial charge is 0.331 e. The molecule has 0 saturated carbocycles. The van der Waals surface area contributed by atoms with Crippen LogP contribution >= 0.6 is 11.8 Å². The highest BCUT2D eigenvalue weighted by atomic mass is 32.2. The van der Waals surface area contributed by atoms with E-state index in [0.29, 0.717) is 70.2 Å². The first-order valence-electron chi connectivity index (χ1n) is 18.1. The average Bonchev–Trinajstić information content (AvgIpc) is 3.63. The highest BCUT2D eigenvalue weighted by Gasteiger charge is 2.61. The third-order valence-corrected chi connectivity index (χ3v) is 13.7. The number of thioether (sulfide) groups is 1. The molecule has 0 aliphatic carbocycles. The van der Waals surface area contributed by atoms with Gasteiger partial charge in [-0.15, -0.1) is 11.8 Å². The fraction of sp³-hybridized carbons (Fsp3) is 0.487. The fourth-order valence-electron chi connectivity index (χ4n) is 10.00. The van der Waals surface area contributed by atoms with Gasteiger partial charge in [-0.3, -0.25) is 19.9 Å².